The Morgan fingerprint density at radius 2 is 2.39 bits per heavy atom. The highest BCUT2D eigenvalue weighted by atomic mass is 35.5. The monoisotopic (exact) mass is 333 g/mol. The van der Waals surface area contributed by atoms with Gasteiger partial charge in [0, 0.05) is 44.6 Å². The fraction of sp³-hybridized carbons (Fsp3) is 0.438. The number of rotatable bonds is 5. The first-order valence-electron chi connectivity index (χ1n) is 7.69. The summed E-state index contributed by atoms with van der Waals surface area (Å²) in [6, 6.07) is 5.76. The average Bonchev–Trinajstić information content (AvgIpc) is 2.95. The SMILES string of the molecule is CN(Cc1cccnc1)CC1CCN(c2cc(Cl)[nH]c(=O)n2)C1. The fourth-order valence-corrected chi connectivity index (χ4v) is 3.25. The van der Waals surface area contributed by atoms with Crippen molar-refractivity contribution in [3.8, 4) is 0 Å². The largest absolute Gasteiger partial charge is 0.356 e. The number of nitrogens with zero attached hydrogens (tertiary/aromatic N) is 4. The number of aromatic amines is 1. The number of halogens is 1. The molecule has 1 fully saturated rings. The van der Waals surface area contributed by atoms with Gasteiger partial charge in [-0.1, -0.05) is 17.7 Å². The van der Waals surface area contributed by atoms with Crippen LogP contribution in [0.25, 0.3) is 0 Å². The van der Waals surface area contributed by atoms with E-state index < -0.39 is 5.69 Å². The number of hydrogen-bond acceptors (Lipinski definition) is 5. The molecule has 23 heavy (non-hydrogen) atoms. The zero-order valence-electron chi connectivity index (χ0n) is 13.1. The van der Waals surface area contributed by atoms with Crippen molar-refractivity contribution < 1.29 is 0 Å². The second-order valence-corrected chi connectivity index (χ2v) is 6.46. The lowest BCUT2D eigenvalue weighted by atomic mass is 10.1. The van der Waals surface area contributed by atoms with Gasteiger partial charge >= 0.3 is 5.69 Å². The summed E-state index contributed by atoms with van der Waals surface area (Å²) in [7, 11) is 2.12. The van der Waals surface area contributed by atoms with E-state index in [2.05, 4.69) is 37.9 Å². The summed E-state index contributed by atoms with van der Waals surface area (Å²) in [5, 5.41) is 0.331. The van der Waals surface area contributed by atoms with Crippen molar-refractivity contribution in [3.63, 3.8) is 0 Å². The molecule has 1 saturated heterocycles. The van der Waals surface area contributed by atoms with Gasteiger partial charge in [-0.05, 0) is 31.0 Å². The maximum absolute atomic E-state index is 11.4. The summed E-state index contributed by atoms with van der Waals surface area (Å²) < 4.78 is 0. The summed E-state index contributed by atoms with van der Waals surface area (Å²) in [5.74, 6) is 1.22. The predicted molar refractivity (Wildman–Crippen MR) is 90.8 cm³/mol. The molecule has 0 aromatic carbocycles. The lowest BCUT2D eigenvalue weighted by Crippen LogP contribution is -2.29. The first kappa shape index (κ1) is 16.0. The van der Waals surface area contributed by atoms with Crippen LogP contribution in [0.15, 0.2) is 35.4 Å². The number of hydrogen-bond donors (Lipinski definition) is 1. The molecule has 0 radical (unpaired) electrons. The number of H-pyrrole nitrogens is 1. The Morgan fingerprint density at radius 1 is 1.52 bits per heavy atom. The molecule has 0 bridgehead atoms. The number of anilines is 1. The van der Waals surface area contributed by atoms with Crippen LogP contribution in [0.5, 0.6) is 0 Å². The quantitative estimate of drug-likeness (QED) is 0.845. The van der Waals surface area contributed by atoms with Crippen LogP contribution in [0.3, 0.4) is 0 Å². The normalized spacial score (nSPS) is 17.9. The molecule has 122 valence electrons. The van der Waals surface area contributed by atoms with E-state index in [0.29, 0.717) is 16.9 Å². The summed E-state index contributed by atoms with van der Waals surface area (Å²) in [6.45, 7) is 3.68. The van der Waals surface area contributed by atoms with Crippen LogP contribution >= 0.6 is 11.6 Å². The third-order valence-corrected chi connectivity index (χ3v) is 4.26. The number of aromatic nitrogens is 3. The zero-order valence-corrected chi connectivity index (χ0v) is 13.8. The van der Waals surface area contributed by atoms with Gasteiger partial charge in [-0.15, -0.1) is 0 Å². The maximum atomic E-state index is 11.4. The first-order chi connectivity index (χ1) is 11.1. The van der Waals surface area contributed by atoms with Gasteiger partial charge in [-0.2, -0.15) is 4.98 Å². The highest BCUT2D eigenvalue weighted by Crippen LogP contribution is 2.23. The van der Waals surface area contributed by atoms with Gasteiger partial charge in [0.2, 0.25) is 0 Å². The Bertz CT molecular complexity index is 705. The Hall–Kier alpha value is -1.92. The lowest BCUT2D eigenvalue weighted by Gasteiger charge is -2.22. The molecule has 3 rings (SSSR count). The molecular formula is C16H20ClN5O. The second-order valence-electron chi connectivity index (χ2n) is 6.05. The van der Waals surface area contributed by atoms with Crippen LogP contribution in [0.1, 0.15) is 12.0 Å². The topological polar surface area (TPSA) is 65.1 Å². The minimum absolute atomic E-state index is 0.331. The van der Waals surface area contributed by atoms with E-state index >= 15 is 0 Å². The summed E-state index contributed by atoms with van der Waals surface area (Å²) in [6.07, 6.45) is 4.78. The van der Waals surface area contributed by atoms with E-state index in [4.69, 9.17) is 11.6 Å². The Balaban J connectivity index is 1.56. The highest BCUT2D eigenvalue weighted by molar-refractivity contribution is 6.29. The third kappa shape index (κ3) is 4.30. The molecule has 1 atom stereocenters. The van der Waals surface area contributed by atoms with Crippen LogP contribution in [0, 0.1) is 5.92 Å². The van der Waals surface area contributed by atoms with Gasteiger partial charge in [-0.25, -0.2) is 4.79 Å². The third-order valence-electron chi connectivity index (χ3n) is 4.05. The van der Waals surface area contributed by atoms with Gasteiger partial charge in [-0.3, -0.25) is 9.97 Å². The molecule has 1 aliphatic heterocycles. The lowest BCUT2D eigenvalue weighted by molar-refractivity contribution is 0.279. The molecule has 1 unspecified atom stereocenters. The van der Waals surface area contributed by atoms with Crippen molar-refractivity contribution in [1.82, 2.24) is 19.9 Å². The number of nitrogens with one attached hydrogen (secondary N) is 1. The van der Waals surface area contributed by atoms with E-state index in [1.807, 2.05) is 12.3 Å². The summed E-state index contributed by atoms with van der Waals surface area (Å²) >= 11 is 5.90. The van der Waals surface area contributed by atoms with Gasteiger partial charge in [0.25, 0.3) is 0 Å². The molecule has 1 aliphatic rings. The fourth-order valence-electron chi connectivity index (χ4n) is 3.08. The second kappa shape index (κ2) is 7.10. The molecule has 3 heterocycles. The molecule has 2 aromatic rings. The van der Waals surface area contributed by atoms with E-state index in [0.717, 1.165) is 32.6 Å². The van der Waals surface area contributed by atoms with Crippen molar-refractivity contribution >= 4 is 17.4 Å². The van der Waals surface area contributed by atoms with Gasteiger partial charge in [0.05, 0.1) is 0 Å². The van der Waals surface area contributed by atoms with Crippen molar-refractivity contribution in [2.45, 2.75) is 13.0 Å². The summed E-state index contributed by atoms with van der Waals surface area (Å²) in [5.41, 5.74) is 0.817. The molecule has 1 N–H and O–H groups in total. The Labute approximate surface area is 140 Å². The van der Waals surface area contributed by atoms with Crippen LogP contribution in [0.2, 0.25) is 5.15 Å². The zero-order chi connectivity index (χ0) is 16.2. The van der Waals surface area contributed by atoms with E-state index in [1.165, 1.54) is 5.56 Å². The molecule has 0 saturated carbocycles. The molecule has 2 aromatic heterocycles. The molecule has 0 aliphatic carbocycles. The van der Waals surface area contributed by atoms with Crippen LogP contribution in [0.4, 0.5) is 5.82 Å². The Kier molecular flexibility index (Phi) is 4.93. The van der Waals surface area contributed by atoms with Crippen molar-refractivity contribution in [2.75, 3.05) is 31.6 Å². The van der Waals surface area contributed by atoms with Crippen molar-refractivity contribution in [2.24, 2.45) is 5.92 Å². The van der Waals surface area contributed by atoms with Crippen molar-refractivity contribution in [1.29, 1.82) is 0 Å². The molecule has 0 amide bonds. The van der Waals surface area contributed by atoms with Crippen LogP contribution in [-0.2, 0) is 6.54 Å². The Morgan fingerprint density at radius 3 is 3.13 bits per heavy atom. The molecule has 0 spiro atoms. The highest BCUT2D eigenvalue weighted by Gasteiger charge is 2.25. The van der Waals surface area contributed by atoms with E-state index in [9.17, 15) is 4.79 Å². The van der Waals surface area contributed by atoms with E-state index in [1.54, 1.807) is 12.3 Å². The van der Waals surface area contributed by atoms with Gasteiger partial charge in [0.15, 0.2) is 0 Å². The van der Waals surface area contributed by atoms with Crippen LogP contribution in [-0.4, -0.2) is 46.5 Å². The van der Waals surface area contributed by atoms with Crippen molar-refractivity contribution in [3.05, 3.63) is 51.8 Å². The predicted octanol–water partition coefficient (Wildman–Crippen LogP) is 1.78. The molecular weight excluding hydrogens is 314 g/mol. The first-order valence-corrected chi connectivity index (χ1v) is 8.07. The smallest absolute Gasteiger partial charge is 0.348 e. The standard InChI is InChI=1S/C16H20ClN5O/c1-21(9-12-3-2-5-18-8-12)10-13-4-6-22(11-13)15-7-14(17)19-16(23)20-15/h2-3,5,7-8,13H,4,6,9-11H2,1H3,(H,19,20,23). The minimum Gasteiger partial charge on any atom is -0.356 e. The van der Waals surface area contributed by atoms with Gasteiger partial charge in [0.1, 0.15) is 11.0 Å². The van der Waals surface area contributed by atoms with Gasteiger partial charge < -0.3 is 9.80 Å². The maximum Gasteiger partial charge on any atom is 0.348 e. The number of pyridine rings is 1. The molecule has 6 nitrogen and oxygen atoms in total. The average molecular weight is 334 g/mol. The minimum atomic E-state index is -0.398. The molecule has 7 heteroatoms. The van der Waals surface area contributed by atoms with E-state index in [-0.39, 0.29) is 0 Å². The summed E-state index contributed by atoms with van der Waals surface area (Å²) in [4.78, 5) is 26.5. The van der Waals surface area contributed by atoms with Crippen LogP contribution < -0.4 is 10.6 Å².